The van der Waals surface area contributed by atoms with Crippen molar-refractivity contribution < 1.29 is 0 Å². The topological polar surface area (TPSA) is 24.4 Å². The van der Waals surface area contributed by atoms with Crippen LogP contribution in [0.5, 0.6) is 0 Å². The maximum atomic E-state index is 4.10. The summed E-state index contributed by atoms with van der Waals surface area (Å²) >= 11 is 0. The number of anilines is 1. The van der Waals surface area contributed by atoms with E-state index in [2.05, 4.69) is 49.3 Å². The van der Waals surface area contributed by atoms with Gasteiger partial charge in [-0.3, -0.25) is 4.99 Å². The Bertz CT molecular complexity index is 378. The normalized spacial score (nSPS) is 12.1. The van der Waals surface area contributed by atoms with Crippen LogP contribution in [0.2, 0.25) is 0 Å². The van der Waals surface area contributed by atoms with Gasteiger partial charge in [0.05, 0.1) is 0 Å². The van der Waals surface area contributed by atoms with E-state index in [1.807, 2.05) is 13.3 Å². The van der Waals surface area contributed by atoms with Crippen LogP contribution in [0.1, 0.15) is 38.3 Å². The van der Waals surface area contributed by atoms with Crippen molar-refractivity contribution in [1.82, 2.24) is 0 Å². The summed E-state index contributed by atoms with van der Waals surface area (Å²) in [6.07, 6.45) is 3.04. The van der Waals surface area contributed by atoms with Gasteiger partial charge in [0.25, 0.3) is 0 Å². The van der Waals surface area contributed by atoms with E-state index in [1.165, 1.54) is 5.56 Å². The minimum Gasteiger partial charge on any atom is -0.388 e. The van der Waals surface area contributed by atoms with E-state index in [9.17, 15) is 0 Å². The molecule has 16 heavy (non-hydrogen) atoms. The molecule has 0 aliphatic heterocycles. The second-order valence-corrected chi connectivity index (χ2v) is 4.68. The van der Waals surface area contributed by atoms with Crippen LogP contribution in [-0.2, 0) is 5.41 Å². The summed E-state index contributed by atoms with van der Waals surface area (Å²) in [5.41, 5.74) is 3.87. The second-order valence-electron chi connectivity index (χ2n) is 4.68. The fourth-order valence-electron chi connectivity index (χ4n) is 1.66. The number of nitrogens with one attached hydrogen (secondary N) is 1. The molecule has 1 aromatic carbocycles. The van der Waals surface area contributed by atoms with Gasteiger partial charge in [-0.15, -0.1) is 0 Å². The van der Waals surface area contributed by atoms with Gasteiger partial charge in [0.2, 0.25) is 0 Å². The number of rotatable bonds is 4. The molecule has 0 radical (unpaired) electrons. The molecule has 0 saturated heterocycles. The first kappa shape index (κ1) is 12.8. The van der Waals surface area contributed by atoms with Gasteiger partial charge in [-0.05, 0) is 29.5 Å². The lowest BCUT2D eigenvalue weighted by molar-refractivity contribution is 0.506. The molecule has 1 N–H and O–H groups in total. The molecule has 2 nitrogen and oxygen atoms in total. The quantitative estimate of drug-likeness (QED) is 0.769. The highest BCUT2D eigenvalue weighted by Gasteiger charge is 2.18. The van der Waals surface area contributed by atoms with Crippen molar-refractivity contribution in [3.05, 3.63) is 29.3 Å². The standard InChI is InChI=1S/C14H22N2/c1-6-14(2,3)12-7-8-13(16-5)11(9-12)10-15-4/h7-10,16H,6H2,1-5H3/b15-10-. The second kappa shape index (κ2) is 5.15. The third-order valence-corrected chi connectivity index (χ3v) is 3.25. The summed E-state index contributed by atoms with van der Waals surface area (Å²) in [5, 5.41) is 3.19. The van der Waals surface area contributed by atoms with Gasteiger partial charge in [-0.2, -0.15) is 0 Å². The average Bonchev–Trinajstić information content (AvgIpc) is 2.29. The van der Waals surface area contributed by atoms with Crippen LogP contribution in [-0.4, -0.2) is 20.3 Å². The Morgan fingerprint density at radius 2 is 2.06 bits per heavy atom. The van der Waals surface area contributed by atoms with Crippen LogP contribution in [0, 0.1) is 0 Å². The molecule has 0 saturated carbocycles. The summed E-state index contributed by atoms with van der Waals surface area (Å²) in [4.78, 5) is 4.10. The highest BCUT2D eigenvalue weighted by atomic mass is 14.8. The monoisotopic (exact) mass is 218 g/mol. The predicted molar refractivity (Wildman–Crippen MR) is 72.8 cm³/mol. The van der Waals surface area contributed by atoms with Crippen LogP contribution >= 0.6 is 0 Å². The summed E-state index contributed by atoms with van der Waals surface area (Å²) in [7, 11) is 3.74. The van der Waals surface area contributed by atoms with Crippen molar-refractivity contribution in [2.24, 2.45) is 4.99 Å². The first-order chi connectivity index (χ1) is 7.55. The molecular weight excluding hydrogens is 196 g/mol. The molecular formula is C14H22N2. The SMILES string of the molecule is CCC(C)(C)c1ccc(NC)c(/C=N\C)c1. The van der Waals surface area contributed by atoms with Crippen molar-refractivity contribution in [1.29, 1.82) is 0 Å². The summed E-state index contributed by atoms with van der Waals surface area (Å²) < 4.78 is 0. The number of hydrogen-bond acceptors (Lipinski definition) is 2. The Hall–Kier alpha value is -1.31. The minimum absolute atomic E-state index is 0.225. The van der Waals surface area contributed by atoms with Crippen molar-refractivity contribution in [2.45, 2.75) is 32.6 Å². The van der Waals surface area contributed by atoms with E-state index in [1.54, 1.807) is 7.05 Å². The van der Waals surface area contributed by atoms with E-state index in [0.717, 1.165) is 17.7 Å². The molecule has 0 bridgehead atoms. The molecule has 88 valence electrons. The number of benzene rings is 1. The Morgan fingerprint density at radius 3 is 2.56 bits per heavy atom. The first-order valence-corrected chi connectivity index (χ1v) is 5.79. The van der Waals surface area contributed by atoms with E-state index in [4.69, 9.17) is 0 Å². The van der Waals surface area contributed by atoms with Gasteiger partial charge < -0.3 is 5.32 Å². The maximum Gasteiger partial charge on any atom is 0.0426 e. The van der Waals surface area contributed by atoms with Crippen LogP contribution in [0.15, 0.2) is 23.2 Å². The van der Waals surface area contributed by atoms with Crippen molar-refractivity contribution in [3.8, 4) is 0 Å². The zero-order valence-electron chi connectivity index (χ0n) is 11.0. The Labute approximate surface area is 98.8 Å². The van der Waals surface area contributed by atoms with Crippen molar-refractivity contribution in [2.75, 3.05) is 19.4 Å². The van der Waals surface area contributed by atoms with Gasteiger partial charge in [0, 0.05) is 31.6 Å². The van der Waals surface area contributed by atoms with Crippen molar-refractivity contribution >= 4 is 11.9 Å². The van der Waals surface area contributed by atoms with Gasteiger partial charge in [0.15, 0.2) is 0 Å². The van der Waals surface area contributed by atoms with Gasteiger partial charge in [0.1, 0.15) is 0 Å². The molecule has 0 unspecified atom stereocenters. The lowest BCUT2D eigenvalue weighted by atomic mass is 9.81. The number of aliphatic imine (C=N–C) groups is 1. The Kier molecular flexibility index (Phi) is 4.11. The molecule has 1 rings (SSSR count). The van der Waals surface area contributed by atoms with Gasteiger partial charge in [-0.1, -0.05) is 26.8 Å². The number of hydrogen-bond donors (Lipinski definition) is 1. The van der Waals surface area contributed by atoms with Gasteiger partial charge in [-0.25, -0.2) is 0 Å². The highest BCUT2D eigenvalue weighted by Crippen LogP contribution is 2.29. The summed E-state index contributed by atoms with van der Waals surface area (Å²) in [5.74, 6) is 0. The zero-order chi connectivity index (χ0) is 12.2. The maximum absolute atomic E-state index is 4.10. The fourth-order valence-corrected chi connectivity index (χ4v) is 1.66. The Morgan fingerprint density at radius 1 is 1.38 bits per heavy atom. The summed E-state index contributed by atoms with van der Waals surface area (Å²) in [6.45, 7) is 6.77. The van der Waals surface area contributed by atoms with Crippen LogP contribution in [0.3, 0.4) is 0 Å². The molecule has 2 heteroatoms. The largest absolute Gasteiger partial charge is 0.388 e. The smallest absolute Gasteiger partial charge is 0.0426 e. The predicted octanol–water partition coefficient (Wildman–Crippen LogP) is 3.46. The van der Waals surface area contributed by atoms with Gasteiger partial charge >= 0.3 is 0 Å². The molecule has 0 heterocycles. The molecule has 0 atom stereocenters. The van der Waals surface area contributed by atoms with Crippen LogP contribution < -0.4 is 5.32 Å². The summed E-state index contributed by atoms with van der Waals surface area (Å²) in [6, 6.07) is 6.55. The minimum atomic E-state index is 0.225. The average molecular weight is 218 g/mol. The molecule has 0 spiro atoms. The lowest BCUT2D eigenvalue weighted by Gasteiger charge is -2.24. The lowest BCUT2D eigenvalue weighted by Crippen LogP contribution is -2.16. The molecule has 0 fully saturated rings. The number of nitrogens with zero attached hydrogens (tertiary/aromatic N) is 1. The van der Waals surface area contributed by atoms with Crippen molar-refractivity contribution in [3.63, 3.8) is 0 Å². The van der Waals surface area contributed by atoms with Crippen LogP contribution in [0.4, 0.5) is 5.69 Å². The van der Waals surface area contributed by atoms with E-state index in [-0.39, 0.29) is 5.41 Å². The van der Waals surface area contributed by atoms with Crippen LogP contribution in [0.25, 0.3) is 0 Å². The highest BCUT2D eigenvalue weighted by molar-refractivity contribution is 5.88. The molecule has 0 aliphatic rings. The first-order valence-electron chi connectivity index (χ1n) is 5.79. The van der Waals surface area contributed by atoms with E-state index >= 15 is 0 Å². The molecule has 1 aromatic rings. The molecule has 0 aliphatic carbocycles. The third kappa shape index (κ3) is 2.63. The fraction of sp³-hybridized carbons (Fsp3) is 0.500. The third-order valence-electron chi connectivity index (χ3n) is 3.25. The zero-order valence-corrected chi connectivity index (χ0v) is 11.0. The molecule has 0 aromatic heterocycles. The molecule has 0 amide bonds. The van der Waals surface area contributed by atoms with E-state index in [0.29, 0.717) is 0 Å². The van der Waals surface area contributed by atoms with E-state index < -0.39 is 0 Å². The Balaban J connectivity index is 3.21.